The van der Waals surface area contributed by atoms with E-state index in [9.17, 15) is 9.59 Å². The van der Waals surface area contributed by atoms with Gasteiger partial charge in [0.2, 0.25) is 5.56 Å². The monoisotopic (exact) mass is 221 g/mol. The Morgan fingerprint density at radius 2 is 2.00 bits per heavy atom. The Morgan fingerprint density at radius 3 is 2.62 bits per heavy atom. The third-order valence-corrected chi connectivity index (χ3v) is 2.81. The molecule has 0 spiro atoms. The van der Waals surface area contributed by atoms with Crippen molar-refractivity contribution in [3.05, 3.63) is 34.2 Å². The standard InChI is InChI=1S/C11H15N3O2/c1-13-4-6-14(7-5-13)11(16)9-2-3-12-10(15)8-9/h2-3,8H,4-7H2,1H3,(H,12,15). The Hall–Kier alpha value is -1.62. The van der Waals surface area contributed by atoms with E-state index in [1.807, 2.05) is 7.05 Å². The van der Waals surface area contributed by atoms with Crippen LogP contribution in [0.1, 0.15) is 10.4 Å². The molecule has 0 saturated carbocycles. The summed E-state index contributed by atoms with van der Waals surface area (Å²) in [6.45, 7) is 3.22. The van der Waals surface area contributed by atoms with Crippen molar-refractivity contribution < 1.29 is 4.79 Å². The van der Waals surface area contributed by atoms with Gasteiger partial charge in [-0.3, -0.25) is 9.59 Å². The molecule has 0 unspecified atom stereocenters. The molecule has 1 amide bonds. The summed E-state index contributed by atoms with van der Waals surface area (Å²) in [5.41, 5.74) is 0.230. The average Bonchev–Trinajstić information content (AvgIpc) is 2.29. The Bertz CT molecular complexity index is 433. The van der Waals surface area contributed by atoms with Crippen molar-refractivity contribution in [3.63, 3.8) is 0 Å². The fourth-order valence-corrected chi connectivity index (χ4v) is 1.77. The first-order valence-corrected chi connectivity index (χ1v) is 5.33. The van der Waals surface area contributed by atoms with Crippen LogP contribution in [0.15, 0.2) is 23.1 Å². The molecule has 1 aliphatic rings. The van der Waals surface area contributed by atoms with E-state index in [1.165, 1.54) is 12.3 Å². The minimum atomic E-state index is -0.236. The van der Waals surface area contributed by atoms with Crippen LogP contribution < -0.4 is 5.56 Å². The summed E-state index contributed by atoms with van der Waals surface area (Å²) in [7, 11) is 2.04. The minimum absolute atomic E-state index is 0.0563. The van der Waals surface area contributed by atoms with Crippen molar-refractivity contribution in [1.82, 2.24) is 14.8 Å². The molecule has 0 bridgehead atoms. The van der Waals surface area contributed by atoms with E-state index >= 15 is 0 Å². The fourth-order valence-electron chi connectivity index (χ4n) is 1.77. The molecule has 2 heterocycles. The lowest BCUT2D eigenvalue weighted by molar-refractivity contribution is 0.0664. The number of hydrogen-bond donors (Lipinski definition) is 1. The summed E-state index contributed by atoms with van der Waals surface area (Å²) in [4.78, 5) is 29.6. The predicted molar refractivity (Wildman–Crippen MR) is 60.5 cm³/mol. The quantitative estimate of drug-likeness (QED) is 0.712. The molecular formula is C11H15N3O2. The van der Waals surface area contributed by atoms with Crippen molar-refractivity contribution in [2.24, 2.45) is 0 Å². The molecule has 2 rings (SSSR count). The van der Waals surface area contributed by atoms with E-state index in [0.29, 0.717) is 5.56 Å². The Morgan fingerprint density at radius 1 is 1.31 bits per heavy atom. The summed E-state index contributed by atoms with van der Waals surface area (Å²) in [6.07, 6.45) is 1.51. The molecule has 1 fully saturated rings. The van der Waals surface area contributed by atoms with Crippen LogP contribution in [0.25, 0.3) is 0 Å². The van der Waals surface area contributed by atoms with Crippen molar-refractivity contribution >= 4 is 5.91 Å². The van der Waals surface area contributed by atoms with E-state index in [2.05, 4.69) is 9.88 Å². The molecule has 0 aliphatic carbocycles. The second-order valence-corrected chi connectivity index (χ2v) is 4.04. The van der Waals surface area contributed by atoms with Crippen LogP contribution in [0.3, 0.4) is 0 Å². The molecule has 1 aromatic heterocycles. The molecule has 1 aliphatic heterocycles. The molecule has 0 radical (unpaired) electrons. The lowest BCUT2D eigenvalue weighted by atomic mass is 10.2. The molecule has 1 saturated heterocycles. The van der Waals surface area contributed by atoms with Crippen LogP contribution in [0, 0.1) is 0 Å². The van der Waals surface area contributed by atoms with E-state index in [0.717, 1.165) is 26.2 Å². The normalized spacial score (nSPS) is 17.4. The van der Waals surface area contributed by atoms with Gasteiger partial charge in [-0.1, -0.05) is 0 Å². The number of H-pyrrole nitrogens is 1. The molecule has 86 valence electrons. The molecule has 1 aromatic rings. The van der Waals surface area contributed by atoms with Crippen LogP contribution >= 0.6 is 0 Å². The highest BCUT2D eigenvalue weighted by Crippen LogP contribution is 2.05. The highest BCUT2D eigenvalue weighted by molar-refractivity contribution is 5.94. The Kier molecular flexibility index (Phi) is 3.05. The van der Waals surface area contributed by atoms with E-state index in [-0.39, 0.29) is 11.5 Å². The maximum absolute atomic E-state index is 12.0. The highest BCUT2D eigenvalue weighted by Gasteiger charge is 2.20. The molecule has 16 heavy (non-hydrogen) atoms. The van der Waals surface area contributed by atoms with Crippen LogP contribution in [0.5, 0.6) is 0 Å². The number of amides is 1. The third-order valence-electron chi connectivity index (χ3n) is 2.81. The van der Waals surface area contributed by atoms with Gasteiger partial charge < -0.3 is 14.8 Å². The van der Waals surface area contributed by atoms with Gasteiger partial charge in [0.05, 0.1) is 0 Å². The van der Waals surface area contributed by atoms with Crippen molar-refractivity contribution in [2.75, 3.05) is 33.2 Å². The van der Waals surface area contributed by atoms with E-state index in [4.69, 9.17) is 0 Å². The molecule has 0 atom stereocenters. The molecule has 1 N–H and O–H groups in total. The zero-order chi connectivity index (χ0) is 11.5. The van der Waals surface area contributed by atoms with E-state index < -0.39 is 0 Å². The van der Waals surface area contributed by atoms with Gasteiger partial charge in [0.15, 0.2) is 0 Å². The Labute approximate surface area is 93.7 Å². The average molecular weight is 221 g/mol. The highest BCUT2D eigenvalue weighted by atomic mass is 16.2. The van der Waals surface area contributed by atoms with Crippen LogP contribution in [-0.4, -0.2) is 53.9 Å². The summed E-state index contributed by atoms with van der Waals surface area (Å²) in [5.74, 6) is -0.0563. The Balaban J connectivity index is 2.10. The van der Waals surface area contributed by atoms with Crippen molar-refractivity contribution in [3.8, 4) is 0 Å². The van der Waals surface area contributed by atoms with Crippen LogP contribution in [0.2, 0.25) is 0 Å². The second kappa shape index (κ2) is 4.49. The lowest BCUT2D eigenvalue weighted by Gasteiger charge is -2.32. The fraction of sp³-hybridized carbons (Fsp3) is 0.455. The smallest absolute Gasteiger partial charge is 0.254 e. The van der Waals surface area contributed by atoms with Crippen LogP contribution in [0.4, 0.5) is 0 Å². The van der Waals surface area contributed by atoms with Gasteiger partial charge in [-0.05, 0) is 13.1 Å². The van der Waals surface area contributed by atoms with Crippen molar-refractivity contribution in [2.45, 2.75) is 0 Å². The number of piperazine rings is 1. The predicted octanol–water partition coefficient (Wildman–Crippen LogP) is -0.238. The number of pyridine rings is 1. The van der Waals surface area contributed by atoms with Gasteiger partial charge in [-0.25, -0.2) is 0 Å². The number of carbonyl (C=O) groups is 1. The summed E-state index contributed by atoms with van der Waals surface area (Å²) >= 11 is 0. The largest absolute Gasteiger partial charge is 0.336 e. The summed E-state index contributed by atoms with van der Waals surface area (Å²) in [6, 6.07) is 2.99. The number of aromatic nitrogens is 1. The zero-order valence-corrected chi connectivity index (χ0v) is 9.27. The topological polar surface area (TPSA) is 56.4 Å². The van der Waals surface area contributed by atoms with Gasteiger partial charge >= 0.3 is 0 Å². The molecule has 5 heteroatoms. The minimum Gasteiger partial charge on any atom is -0.336 e. The lowest BCUT2D eigenvalue weighted by Crippen LogP contribution is -2.47. The zero-order valence-electron chi connectivity index (χ0n) is 9.27. The SMILES string of the molecule is CN1CCN(C(=O)c2cc[nH]c(=O)c2)CC1. The maximum atomic E-state index is 12.0. The maximum Gasteiger partial charge on any atom is 0.254 e. The van der Waals surface area contributed by atoms with Gasteiger partial charge in [0, 0.05) is 44.0 Å². The number of rotatable bonds is 1. The van der Waals surface area contributed by atoms with Gasteiger partial charge in [0.1, 0.15) is 0 Å². The van der Waals surface area contributed by atoms with Crippen LogP contribution in [-0.2, 0) is 0 Å². The molecular weight excluding hydrogens is 206 g/mol. The number of nitrogens with zero attached hydrogens (tertiary/aromatic N) is 2. The number of carbonyl (C=O) groups excluding carboxylic acids is 1. The first-order valence-electron chi connectivity index (χ1n) is 5.33. The molecule has 5 nitrogen and oxygen atoms in total. The third kappa shape index (κ3) is 2.30. The summed E-state index contributed by atoms with van der Waals surface area (Å²) < 4.78 is 0. The first-order chi connectivity index (χ1) is 7.66. The van der Waals surface area contributed by atoms with Gasteiger partial charge in [-0.2, -0.15) is 0 Å². The number of aromatic amines is 1. The van der Waals surface area contributed by atoms with Gasteiger partial charge in [0.25, 0.3) is 5.91 Å². The number of likely N-dealkylation sites (N-methyl/N-ethyl adjacent to an activating group) is 1. The van der Waals surface area contributed by atoms with Crippen molar-refractivity contribution in [1.29, 1.82) is 0 Å². The van der Waals surface area contributed by atoms with E-state index in [1.54, 1.807) is 11.0 Å². The first kappa shape index (κ1) is 10.9. The summed E-state index contributed by atoms with van der Waals surface area (Å²) in [5, 5.41) is 0. The molecule has 0 aromatic carbocycles. The van der Waals surface area contributed by atoms with Gasteiger partial charge in [-0.15, -0.1) is 0 Å². The number of nitrogens with one attached hydrogen (secondary N) is 1. The number of hydrogen-bond acceptors (Lipinski definition) is 3. The second-order valence-electron chi connectivity index (χ2n) is 4.04.